The Labute approximate surface area is 137 Å². The zero-order valence-electron chi connectivity index (χ0n) is 13.3. The van der Waals surface area contributed by atoms with E-state index in [0.717, 1.165) is 24.6 Å². The van der Waals surface area contributed by atoms with E-state index in [4.69, 9.17) is 12.2 Å². The number of piperidine rings is 1. The molecule has 1 aromatic rings. The van der Waals surface area contributed by atoms with Crippen LogP contribution in [0.2, 0.25) is 0 Å². The molecule has 6 heteroatoms. The van der Waals surface area contributed by atoms with Gasteiger partial charge in [0.2, 0.25) is 5.95 Å². The maximum atomic E-state index is 5.40. The Kier molecular flexibility index (Phi) is 5.08. The van der Waals surface area contributed by atoms with Gasteiger partial charge in [0.15, 0.2) is 5.11 Å². The number of hydrogen-bond donors (Lipinski definition) is 2. The first-order valence-electron chi connectivity index (χ1n) is 8.39. The van der Waals surface area contributed by atoms with Crippen LogP contribution in [0.15, 0.2) is 6.07 Å². The van der Waals surface area contributed by atoms with Crippen molar-refractivity contribution in [2.75, 3.05) is 23.3 Å². The standard InChI is InChI=1S/C16H25N5S/c1-12-11-14(21-9-5-2-6-10-21)19-15(17-12)20-16(22)18-13-7-3-4-8-13/h11,13H,2-10H2,1H3,(H2,17,18,19,20,22). The summed E-state index contributed by atoms with van der Waals surface area (Å²) in [7, 11) is 0. The lowest BCUT2D eigenvalue weighted by Gasteiger charge is -2.28. The first-order valence-corrected chi connectivity index (χ1v) is 8.80. The number of nitrogens with one attached hydrogen (secondary N) is 2. The van der Waals surface area contributed by atoms with E-state index in [-0.39, 0.29) is 0 Å². The number of aryl methyl sites for hydroxylation is 1. The maximum Gasteiger partial charge on any atom is 0.231 e. The average molecular weight is 319 g/mol. The highest BCUT2D eigenvalue weighted by Gasteiger charge is 2.17. The molecule has 0 unspecified atom stereocenters. The molecule has 1 aliphatic heterocycles. The molecule has 0 bridgehead atoms. The minimum absolute atomic E-state index is 0.506. The third kappa shape index (κ3) is 4.06. The van der Waals surface area contributed by atoms with E-state index in [2.05, 4.69) is 31.6 Å². The highest BCUT2D eigenvalue weighted by atomic mass is 32.1. The van der Waals surface area contributed by atoms with Crippen LogP contribution in [0.4, 0.5) is 11.8 Å². The van der Waals surface area contributed by atoms with Crippen molar-refractivity contribution < 1.29 is 0 Å². The van der Waals surface area contributed by atoms with Crippen LogP contribution in [0, 0.1) is 6.92 Å². The summed E-state index contributed by atoms with van der Waals surface area (Å²) in [6.07, 6.45) is 8.80. The number of thiocarbonyl (C=S) groups is 1. The lowest BCUT2D eigenvalue weighted by atomic mass is 10.1. The van der Waals surface area contributed by atoms with Gasteiger partial charge in [-0.1, -0.05) is 12.8 Å². The van der Waals surface area contributed by atoms with Crippen LogP contribution < -0.4 is 15.5 Å². The van der Waals surface area contributed by atoms with Gasteiger partial charge >= 0.3 is 0 Å². The molecular formula is C16H25N5S. The van der Waals surface area contributed by atoms with Gasteiger partial charge in [0.1, 0.15) is 5.82 Å². The highest BCUT2D eigenvalue weighted by Crippen LogP contribution is 2.20. The summed E-state index contributed by atoms with van der Waals surface area (Å²) in [5.41, 5.74) is 0.974. The van der Waals surface area contributed by atoms with Crippen LogP contribution in [0.3, 0.4) is 0 Å². The Morgan fingerprint density at radius 3 is 2.59 bits per heavy atom. The Morgan fingerprint density at radius 2 is 1.86 bits per heavy atom. The molecule has 1 aliphatic carbocycles. The molecule has 0 aromatic carbocycles. The van der Waals surface area contributed by atoms with E-state index < -0.39 is 0 Å². The zero-order chi connectivity index (χ0) is 15.4. The van der Waals surface area contributed by atoms with Crippen molar-refractivity contribution in [3.8, 4) is 0 Å². The van der Waals surface area contributed by atoms with Gasteiger partial charge in [-0.05, 0) is 51.2 Å². The molecule has 1 aromatic heterocycles. The molecule has 2 heterocycles. The van der Waals surface area contributed by atoms with Crippen molar-refractivity contribution in [1.82, 2.24) is 15.3 Å². The number of nitrogens with zero attached hydrogens (tertiary/aromatic N) is 3. The first kappa shape index (κ1) is 15.5. The van der Waals surface area contributed by atoms with E-state index in [1.54, 1.807) is 0 Å². The molecule has 120 valence electrons. The van der Waals surface area contributed by atoms with Crippen LogP contribution in [0.5, 0.6) is 0 Å². The quantitative estimate of drug-likeness (QED) is 0.835. The van der Waals surface area contributed by atoms with Gasteiger partial charge in [0.05, 0.1) is 0 Å². The summed E-state index contributed by atoms with van der Waals surface area (Å²) in [5, 5.41) is 7.17. The summed E-state index contributed by atoms with van der Waals surface area (Å²) >= 11 is 5.40. The second-order valence-electron chi connectivity index (χ2n) is 6.32. The number of rotatable bonds is 3. The van der Waals surface area contributed by atoms with Crippen molar-refractivity contribution in [3.05, 3.63) is 11.8 Å². The van der Waals surface area contributed by atoms with E-state index in [1.165, 1.54) is 44.9 Å². The third-order valence-electron chi connectivity index (χ3n) is 4.44. The molecular weight excluding hydrogens is 294 g/mol. The molecule has 0 atom stereocenters. The SMILES string of the molecule is Cc1cc(N2CCCCC2)nc(NC(=S)NC2CCCC2)n1. The van der Waals surface area contributed by atoms with Gasteiger partial charge in [-0.25, -0.2) is 4.98 Å². The Bertz CT molecular complexity index is 521. The molecule has 2 N–H and O–H groups in total. The maximum absolute atomic E-state index is 5.40. The summed E-state index contributed by atoms with van der Waals surface area (Å²) in [6.45, 7) is 4.18. The topological polar surface area (TPSA) is 53.1 Å². The Hall–Kier alpha value is -1.43. The molecule has 0 radical (unpaired) electrons. The predicted octanol–water partition coefficient (Wildman–Crippen LogP) is 3.00. The second kappa shape index (κ2) is 7.22. The summed E-state index contributed by atoms with van der Waals surface area (Å²) < 4.78 is 0. The summed E-state index contributed by atoms with van der Waals surface area (Å²) in [4.78, 5) is 11.5. The van der Waals surface area contributed by atoms with E-state index in [0.29, 0.717) is 17.1 Å². The Morgan fingerprint density at radius 1 is 1.14 bits per heavy atom. The van der Waals surface area contributed by atoms with Crippen LogP contribution >= 0.6 is 12.2 Å². The molecule has 2 fully saturated rings. The summed E-state index contributed by atoms with van der Waals surface area (Å²) in [6, 6.07) is 2.57. The molecule has 3 rings (SSSR count). The normalized spacial score (nSPS) is 19.2. The highest BCUT2D eigenvalue weighted by molar-refractivity contribution is 7.80. The third-order valence-corrected chi connectivity index (χ3v) is 4.66. The first-order chi connectivity index (χ1) is 10.7. The molecule has 1 saturated carbocycles. The number of hydrogen-bond acceptors (Lipinski definition) is 4. The van der Waals surface area contributed by atoms with Gasteiger partial charge in [0, 0.05) is 30.9 Å². The van der Waals surface area contributed by atoms with Crippen molar-refractivity contribution >= 4 is 29.1 Å². The number of anilines is 2. The van der Waals surface area contributed by atoms with Crippen molar-refractivity contribution in [1.29, 1.82) is 0 Å². The minimum atomic E-state index is 0.506. The monoisotopic (exact) mass is 319 g/mol. The zero-order valence-corrected chi connectivity index (χ0v) is 14.1. The molecule has 22 heavy (non-hydrogen) atoms. The fraction of sp³-hybridized carbons (Fsp3) is 0.688. The molecule has 1 saturated heterocycles. The van der Waals surface area contributed by atoms with Gasteiger partial charge in [-0.15, -0.1) is 0 Å². The molecule has 5 nitrogen and oxygen atoms in total. The Balaban J connectivity index is 1.64. The second-order valence-corrected chi connectivity index (χ2v) is 6.73. The smallest absolute Gasteiger partial charge is 0.231 e. The van der Waals surface area contributed by atoms with Gasteiger partial charge in [-0.3, -0.25) is 0 Å². The van der Waals surface area contributed by atoms with Crippen LogP contribution in [0.1, 0.15) is 50.6 Å². The van der Waals surface area contributed by atoms with Crippen molar-refractivity contribution in [3.63, 3.8) is 0 Å². The number of aromatic nitrogens is 2. The fourth-order valence-corrected chi connectivity index (χ4v) is 3.54. The fourth-order valence-electron chi connectivity index (χ4n) is 3.29. The van der Waals surface area contributed by atoms with Gasteiger partial charge < -0.3 is 15.5 Å². The largest absolute Gasteiger partial charge is 0.360 e. The van der Waals surface area contributed by atoms with Crippen molar-refractivity contribution in [2.45, 2.75) is 57.9 Å². The molecule has 2 aliphatic rings. The van der Waals surface area contributed by atoms with Crippen LogP contribution in [-0.4, -0.2) is 34.2 Å². The van der Waals surface area contributed by atoms with Gasteiger partial charge in [-0.2, -0.15) is 4.98 Å². The lowest BCUT2D eigenvalue weighted by Crippen LogP contribution is -2.36. The van der Waals surface area contributed by atoms with Crippen LogP contribution in [-0.2, 0) is 0 Å². The molecule has 0 spiro atoms. The van der Waals surface area contributed by atoms with Crippen molar-refractivity contribution in [2.24, 2.45) is 0 Å². The summed E-state index contributed by atoms with van der Waals surface area (Å²) in [5.74, 6) is 1.62. The predicted molar refractivity (Wildman–Crippen MR) is 94.4 cm³/mol. The van der Waals surface area contributed by atoms with E-state index in [1.807, 2.05) is 6.92 Å². The average Bonchev–Trinajstić information content (AvgIpc) is 3.00. The van der Waals surface area contributed by atoms with Gasteiger partial charge in [0.25, 0.3) is 0 Å². The van der Waals surface area contributed by atoms with E-state index in [9.17, 15) is 0 Å². The van der Waals surface area contributed by atoms with Crippen LogP contribution in [0.25, 0.3) is 0 Å². The lowest BCUT2D eigenvalue weighted by molar-refractivity contribution is 0.573. The van der Waals surface area contributed by atoms with E-state index >= 15 is 0 Å². The molecule has 0 amide bonds. The minimum Gasteiger partial charge on any atom is -0.360 e.